The Labute approximate surface area is 177 Å². The highest BCUT2D eigenvalue weighted by Crippen LogP contribution is 2.44. The van der Waals surface area contributed by atoms with Gasteiger partial charge in [0.2, 0.25) is 15.9 Å². The van der Waals surface area contributed by atoms with Gasteiger partial charge in [0.15, 0.2) is 5.13 Å². The van der Waals surface area contributed by atoms with Gasteiger partial charge in [0.1, 0.15) is 16.9 Å². The first-order valence-electron chi connectivity index (χ1n) is 9.47. The predicted molar refractivity (Wildman–Crippen MR) is 114 cm³/mol. The fraction of sp³-hybridized carbons (Fsp3) is 0.421. The lowest BCUT2D eigenvalue weighted by molar-refractivity contribution is 0.133. The van der Waals surface area contributed by atoms with E-state index < -0.39 is 14.8 Å². The minimum absolute atomic E-state index is 0.0608. The van der Waals surface area contributed by atoms with Crippen LogP contribution in [-0.4, -0.2) is 40.9 Å². The number of aromatic nitrogens is 3. The standard InChI is InChI=1S/C19H22N4O5S2/c1-3-27-11-14-10-13-4-7-20-16(15(13)23(2)17(14)24)28-12-19(5-6-19)30(25,26)22-18-21-8-9-29-18/h4,7-10H,3,5-6,11-12H2,1-2H3,(H,21,22). The third-order valence-electron chi connectivity index (χ3n) is 5.13. The third-order valence-corrected chi connectivity index (χ3v) is 8.08. The molecular weight excluding hydrogens is 428 g/mol. The second-order valence-electron chi connectivity index (χ2n) is 7.14. The minimum Gasteiger partial charge on any atom is -0.474 e. The molecule has 11 heteroatoms. The van der Waals surface area contributed by atoms with Gasteiger partial charge in [-0.25, -0.2) is 18.4 Å². The second-order valence-corrected chi connectivity index (χ2v) is 10.1. The van der Waals surface area contributed by atoms with E-state index in [9.17, 15) is 13.2 Å². The molecule has 4 rings (SSSR count). The molecule has 0 aliphatic heterocycles. The summed E-state index contributed by atoms with van der Waals surface area (Å²) in [5, 5.41) is 2.80. The molecule has 0 unspecified atom stereocenters. The molecule has 3 heterocycles. The lowest BCUT2D eigenvalue weighted by atomic mass is 10.2. The number of nitrogens with one attached hydrogen (secondary N) is 1. The smallest absolute Gasteiger partial charge is 0.256 e. The monoisotopic (exact) mass is 450 g/mol. The average Bonchev–Trinajstić information content (AvgIpc) is 3.38. The molecule has 1 N–H and O–H groups in total. The molecule has 1 fully saturated rings. The molecule has 0 amide bonds. The van der Waals surface area contributed by atoms with E-state index in [2.05, 4.69) is 14.7 Å². The van der Waals surface area contributed by atoms with Crippen molar-refractivity contribution in [1.29, 1.82) is 0 Å². The first-order valence-corrected chi connectivity index (χ1v) is 11.8. The summed E-state index contributed by atoms with van der Waals surface area (Å²) >= 11 is 1.22. The van der Waals surface area contributed by atoms with Crippen LogP contribution in [-0.2, 0) is 28.4 Å². The van der Waals surface area contributed by atoms with Gasteiger partial charge in [-0.05, 0) is 31.9 Å². The second kappa shape index (κ2) is 7.97. The quantitative estimate of drug-likeness (QED) is 0.532. The Morgan fingerprint density at radius 2 is 2.10 bits per heavy atom. The molecule has 160 valence electrons. The molecular formula is C19H22N4O5S2. The number of hydrogen-bond donors (Lipinski definition) is 1. The highest BCUT2D eigenvalue weighted by molar-refractivity contribution is 7.94. The molecule has 0 radical (unpaired) electrons. The Bertz CT molecular complexity index is 1220. The molecule has 1 aliphatic carbocycles. The minimum atomic E-state index is -3.67. The van der Waals surface area contributed by atoms with E-state index in [4.69, 9.17) is 9.47 Å². The number of rotatable bonds is 9. The molecule has 9 nitrogen and oxygen atoms in total. The number of anilines is 1. The first kappa shape index (κ1) is 20.8. The summed E-state index contributed by atoms with van der Waals surface area (Å²) in [7, 11) is -2.03. The molecule has 0 saturated heterocycles. The van der Waals surface area contributed by atoms with E-state index in [0.717, 1.165) is 5.39 Å². The zero-order valence-corrected chi connectivity index (χ0v) is 18.3. The summed E-state index contributed by atoms with van der Waals surface area (Å²) in [6.45, 7) is 2.54. The maximum Gasteiger partial charge on any atom is 0.256 e. The Morgan fingerprint density at radius 1 is 1.30 bits per heavy atom. The summed E-state index contributed by atoms with van der Waals surface area (Å²) in [6.07, 6.45) is 4.08. The van der Waals surface area contributed by atoms with Crippen molar-refractivity contribution in [2.45, 2.75) is 31.1 Å². The van der Waals surface area contributed by atoms with Gasteiger partial charge in [-0.15, -0.1) is 11.3 Å². The third kappa shape index (κ3) is 3.80. The molecule has 0 aromatic carbocycles. The van der Waals surface area contributed by atoms with Crippen molar-refractivity contribution in [1.82, 2.24) is 14.5 Å². The lowest BCUT2D eigenvalue weighted by Crippen LogP contribution is -2.35. The van der Waals surface area contributed by atoms with Gasteiger partial charge >= 0.3 is 0 Å². The van der Waals surface area contributed by atoms with E-state index in [1.165, 1.54) is 15.9 Å². The number of ether oxygens (including phenoxy) is 2. The molecule has 3 aromatic rings. The number of pyridine rings is 2. The highest BCUT2D eigenvalue weighted by Gasteiger charge is 2.56. The Morgan fingerprint density at radius 3 is 2.77 bits per heavy atom. The van der Waals surface area contributed by atoms with E-state index in [0.29, 0.717) is 35.7 Å². The van der Waals surface area contributed by atoms with Crippen LogP contribution in [0.5, 0.6) is 5.88 Å². The number of nitrogens with zero attached hydrogens (tertiary/aromatic N) is 3. The summed E-state index contributed by atoms with van der Waals surface area (Å²) < 4.78 is 39.9. The van der Waals surface area contributed by atoms with Gasteiger partial charge in [0.05, 0.1) is 6.61 Å². The van der Waals surface area contributed by atoms with Gasteiger partial charge in [-0.1, -0.05) is 0 Å². The van der Waals surface area contributed by atoms with Crippen molar-refractivity contribution < 1.29 is 17.9 Å². The number of sulfonamides is 1. The van der Waals surface area contributed by atoms with E-state index in [1.807, 2.05) is 6.92 Å². The van der Waals surface area contributed by atoms with Crippen molar-refractivity contribution >= 4 is 37.4 Å². The number of aryl methyl sites for hydroxylation is 1. The normalized spacial score (nSPS) is 15.3. The maximum atomic E-state index is 12.8. The zero-order valence-electron chi connectivity index (χ0n) is 16.6. The van der Waals surface area contributed by atoms with E-state index in [1.54, 1.807) is 37.0 Å². The lowest BCUT2D eigenvalue weighted by Gasteiger charge is -2.18. The van der Waals surface area contributed by atoms with Crippen LogP contribution in [0.4, 0.5) is 5.13 Å². The molecule has 1 aliphatic rings. The average molecular weight is 451 g/mol. The van der Waals surface area contributed by atoms with Crippen molar-refractivity contribution in [3.8, 4) is 5.88 Å². The first-order chi connectivity index (χ1) is 14.4. The molecule has 30 heavy (non-hydrogen) atoms. The van der Waals surface area contributed by atoms with Gasteiger partial charge in [-0.2, -0.15) is 0 Å². The topological polar surface area (TPSA) is 112 Å². The Kier molecular flexibility index (Phi) is 5.51. The molecule has 0 atom stereocenters. The van der Waals surface area contributed by atoms with Crippen LogP contribution in [0.15, 0.2) is 34.7 Å². The van der Waals surface area contributed by atoms with Crippen molar-refractivity contribution in [3.63, 3.8) is 0 Å². The molecule has 0 bridgehead atoms. The van der Waals surface area contributed by atoms with Gasteiger partial charge in [-0.3, -0.25) is 9.52 Å². The van der Waals surface area contributed by atoms with Crippen LogP contribution in [0.1, 0.15) is 25.3 Å². The molecule has 0 spiro atoms. The van der Waals surface area contributed by atoms with Gasteiger partial charge in [0, 0.05) is 42.4 Å². The van der Waals surface area contributed by atoms with Crippen molar-refractivity contribution in [3.05, 3.63) is 45.8 Å². The fourth-order valence-electron chi connectivity index (χ4n) is 3.22. The Hall–Kier alpha value is -2.50. The highest BCUT2D eigenvalue weighted by atomic mass is 32.2. The van der Waals surface area contributed by atoms with Crippen LogP contribution >= 0.6 is 11.3 Å². The molecule has 3 aromatic heterocycles. The SMILES string of the molecule is CCOCc1cc2ccnc(OCC3(S(=O)(=O)Nc4nccs4)CC3)c2n(C)c1=O. The Balaban J connectivity index is 1.60. The fourth-order valence-corrected chi connectivity index (χ4v) is 5.46. The number of fused-ring (bicyclic) bond motifs is 1. The van der Waals surface area contributed by atoms with Crippen molar-refractivity contribution in [2.24, 2.45) is 7.05 Å². The summed E-state index contributed by atoms with van der Waals surface area (Å²) in [4.78, 5) is 20.9. The maximum absolute atomic E-state index is 12.8. The summed E-state index contributed by atoms with van der Waals surface area (Å²) in [6, 6.07) is 3.54. The summed E-state index contributed by atoms with van der Waals surface area (Å²) in [5.41, 5.74) is 0.856. The molecule has 1 saturated carbocycles. The van der Waals surface area contributed by atoms with Gasteiger partial charge in [0.25, 0.3) is 5.56 Å². The van der Waals surface area contributed by atoms with E-state index >= 15 is 0 Å². The zero-order chi connectivity index (χ0) is 21.4. The van der Waals surface area contributed by atoms with Gasteiger partial charge < -0.3 is 14.0 Å². The van der Waals surface area contributed by atoms with Crippen LogP contribution in [0.3, 0.4) is 0 Å². The van der Waals surface area contributed by atoms with Crippen LogP contribution in [0, 0.1) is 0 Å². The number of hydrogen-bond acceptors (Lipinski definition) is 8. The summed E-state index contributed by atoms with van der Waals surface area (Å²) in [5.74, 6) is 0.228. The van der Waals surface area contributed by atoms with Crippen LogP contribution < -0.4 is 15.0 Å². The van der Waals surface area contributed by atoms with Crippen LogP contribution in [0.2, 0.25) is 0 Å². The van der Waals surface area contributed by atoms with E-state index in [-0.39, 0.29) is 24.7 Å². The number of thiazole rings is 1. The predicted octanol–water partition coefficient (Wildman–Crippen LogP) is 2.28. The van der Waals surface area contributed by atoms with Crippen LogP contribution in [0.25, 0.3) is 10.9 Å². The van der Waals surface area contributed by atoms with Crippen molar-refractivity contribution in [2.75, 3.05) is 17.9 Å². The largest absolute Gasteiger partial charge is 0.474 e.